The second kappa shape index (κ2) is 14.1. The fourth-order valence-corrected chi connectivity index (χ4v) is 4.74. The third-order valence-corrected chi connectivity index (χ3v) is 7.48. The number of nitrogens with zero attached hydrogens (tertiary/aromatic N) is 3. The highest BCUT2D eigenvalue weighted by Gasteiger charge is 2.45. The Labute approximate surface area is 257 Å². The third-order valence-electron chi connectivity index (χ3n) is 7.23. The molecule has 44 heavy (non-hydrogen) atoms. The summed E-state index contributed by atoms with van der Waals surface area (Å²) in [7, 11) is 0. The van der Waals surface area contributed by atoms with Gasteiger partial charge in [-0.25, -0.2) is 0 Å². The zero-order valence-corrected chi connectivity index (χ0v) is 24.7. The summed E-state index contributed by atoms with van der Waals surface area (Å²) in [6, 6.07) is 13.5. The Morgan fingerprint density at radius 3 is 2.27 bits per heavy atom. The fraction of sp³-hybridized carbons (Fsp3) is 0.419. The highest BCUT2D eigenvalue weighted by molar-refractivity contribution is 6.30. The first-order valence-corrected chi connectivity index (χ1v) is 14.5. The van der Waals surface area contributed by atoms with Crippen LogP contribution in [0.15, 0.2) is 48.5 Å². The van der Waals surface area contributed by atoms with Gasteiger partial charge in [-0.1, -0.05) is 54.9 Å². The average Bonchev–Trinajstić information content (AvgIpc) is 3.74. The number of ether oxygens (including phenoxy) is 1. The van der Waals surface area contributed by atoms with Crippen LogP contribution >= 0.6 is 11.6 Å². The molecule has 0 aliphatic heterocycles. The summed E-state index contributed by atoms with van der Waals surface area (Å²) in [6.45, 7) is -0.0679. The molecular formula is C31H32ClF3N4O5. The fourth-order valence-electron chi connectivity index (χ4n) is 4.61. The van der Waals surface area contributed by atoms with Crippen LogP contribution in [0.2, 0.25) is 5.02 Å². The minimum atomic E-state index is -4.57. The summed E-state index contributed by atoms with van der Waals surface area (Å²) in [5.74, 6) is -1.71. The Bertz CT molecular complexity index is 1480. The van der Waals surface area contributed by atoms with Crippen LogP contribution in [0.4, 0.5) is 19.1 Å². The first kappa shape index (κ1) is 32.8. The maximum atomic E-state index is 12.8. The molecule has 0 spiro atoms. The highest BCUT2D eigenvalue weighted by Crippen LogP contribution is 2.48. The Balaban J connectivity index is 1.38. The minimum absolute atomic E-state index is 0.0251. The molecular weight excluding hydrogens is 601 g/mol. The van der Waals surface area contributed by atoms with Gasteiger partial charge in [-0.05, 0) is 48.9 Å². The lowest BCUT2D eigenvalue weighted by atomic mass is 9.99. The molecule has 1 heterocycles. The van der Waals surface area contributed by atoms with E-state index in [-0.39, 0.29) is 49.0 Å². The van der Waals surface area contributed by atoms with Gasteiger partial charge < -0.3 is 15.2 Å². The van der Waals surface area contributed by atoms with E-state index in [1.54, 1.807) is 36.4 Å². The van der Waals surface area contributed by atoms with E-state index >= 15 is 0 Å². The van der Waals surface area contributed by atoms with Crippen LogP contribution in [0.3, 0.4) is 0 Å². The van der Waals surface area contributed by atoms with Crippen molar-refractivity contribution in [3.63, 3.8) is 0 Å². The van der Waals surface area contributed by atoms with Crippen LogP contribution in [-0.2, 0) is 21.5 Å². The molecule has 1 aromatic heterocycles. The van der Waals surface area contributed by atoms with Crippen molar-refractivity contribution in [2.45, 2.75) is 70.0 Å². The van der Waals surface area contributed by atoms with E-state index in [4.69, 9.17) is 21.4 Å². The molecule has 3 aromatic rings. The van der Waals surface area contributed by atoms with Gasteiger partial charge in [0.25, 0.3) is 0 Å². The van der Waals surface area contributed by atoms with Crippen molar-refractivity contribution in [3.05, 3.63) is 76.1 Å². The summed E-state index contributed by atoms with van der Waals surface area (Å²) in [4.78, 5) is 48.0. The van der Waals surface area contributed by atoms with E-state index in [1.807, 2.05) is 12.1 Å². The standard InChI is InChI=1S/C31H32ClF3N4O5/c1-19(27(42)43)16-24(40)4-2-3-5-25(41)21-8-6-20(7-9-21)17-26-36-28(38-29(37-26)44-18-31(33,34)35)39-30(14-15-30)22-10-12-23(32)13-11-22/h6-13,19H,2-5,14-18H2,1H3,(H,42,43)(H,36,37,38,39)/t19-/m0/s1. The molecule has 0 bridgehead atoms. The first-order chi connectivity index (χ1) is 20.8. The number of hydrogen-bond donors (Lipinski definition) is 2. The van der Waals surface area contributed by atoms with Gasteiger partial charge in [-0.15, -0.1) is 0 Å². The number of halogens is 4. The Morgan fingerprint density at radius 2 is 1.66 bits per heavy atom. The number of ketones is 2. The number of carbonyl (C=O) groups is 3. The normalized spacial score (nSPS) is 14.5. The number of alkyl halides is 3. The molecule has 13 heteroatoms. The number of benzene rings is 2. The van der Waals surface area contributed by atoms with Crippen molar-refractivity contribution in [2.24, 2.45) is 5.92 Å². The van der Waals surface area contributed by atoms with E-state index in [1.165, 1.54) is 6.92 Å². The Hall–Kier alpha value is -4.06. The molecule has 1 atom stereocenters. The summed E-state index contributed by atoms with van der Waals surface area (Å²) in [6.07, 6.45) is -1.47. The van der Waals surface area contributed by atoms with Crippen LogP contribution in [0.1, 0.15) is 79.2 Å². The van der Waals surface area contributed by atoms with Crippen molar-refractivity contribution in [1.82, 2.24) is 15.0 Å². The second-order valence-corrected chi connectivity index (χ2v) is 11.4. The number of rotatable bonds is 16. The summed E-state index contributed by atoms with van der Waals surface area (Å²) >= 11 is 6.01. The molecule has 0 radical (unpaired) electrons. The summed E-state index contributed by atoms with van der Waals surface area (Å²) < 4.78 is 43.4. The minimum Gasteiger partial charge on any atom is -0.481 e. The van der Waals surface area contributed by atoms with Gasteiger partial charge in [0.2, 0.25) is 5.95 Å². The molecule has 2 N–H and O–H groups in total. The number of Topliss-reactive ketones (excluding diaryl/α,β-unsaturated/α-hetero) is 2. The summed E-state index contributed by atoms with van der Waals surface area (Å²) in [5, 5.41) is 12.7. The van der Waals surface area contributed by atoms with Crippen LogP contribution < -0.4 is 10.1 Å². The zero-order valence-electron chi connectivity index (χ0n) is 24.0. The van der Waals surface area contributed by atoms with Crippen LogP contribution in [-0.4, -0.2) is 50.4 Å². The lowest BCUT2D eigenvalue weighted by Gasteiger charge is -2.19. The lowest BCUT2D eigenvalue weighted by Crippen LogP contribution is -2.23. The zero-order chi connectivity index (χ0) is 31.9. The highest BCUT2D eigenvalue weighted by atomic mass is 35.5. The van der Waals surface area contributed by atoms with Crippen molar-refractivity contribution in [2.75, 3.05) is 11.9 Å². The Kier molecular flexibility index (Phi) is 10.6. The lowest BCUT2D eigenvalue weighted by molar-refractivity contribution is -0.154. The maximum absolute atomic E-state index is 12.8. The number of aromatic nitrogens is 3. The predicted molar refractivity (Wildman–Crippen MR) is 156 cm³/mol. The number of carboxylic acids is 1. The van der Waals surface area contributed by atoms with E-state index in [0.717, 1.165) is 24.0 Å². The van der Waals surface area contributed by atoms with E-state index in [2.05, 4.69) is 20.3 Å². The predicted octanol–water partition coefficient (Wildman–Crippen LogP) is 6.58. The van der Waals surface area contributed by atoms with Crippen molar-refractivity contribution >= 4 is 35.1 Å². The van der Waals surface area contributed by atoms with Crippen molar-refractivity contribution < 1.29 is 37.4 Å². The van der Waals surface area contributed by atoms with Gasteiger partial charge in [0.1, 0.15) is 11.6 Å². The van der Waals surface area contributed by atoms with Gasteiger partial charge in [0.05, 0.1) is 11.5 Å². The number of unbranched alkanes of at least 4 members (excludes halogenated alkanes) is 1. The molecule has 1 aliphatic rings. The van der Waals surface area contributed by atoms with Gasteiger partial charge in [0.15, 0.2) is 12.4 Å². The number of carboxylic acid groups (broad SMARTS) is 1. The number of hydrogen-bond acceptors (Lipinski definition) is 8. The monoisotopic (exact) mass is 632 g/mol. The quantitative estimate of drug-likeness (QED) is 0.133. The molecule has 234 valence electrons. The molecule has 1 aliphatic carbocycles. The van der Waals surface area contributed by atoms with Gasteiger partial charge in [-0.3, -0.25) is 14.4 Å². The van der Waals surface area contributed by atoms with E-state index in [0.29, 0.717) is 23.4 Å². The van der Waals surface area contributed by atoms with Gasteiger partial charge >= 0.3 is 18.2 Å². The molecule has 4 rings (SSSR count). The van der Waals surface area contributed by atoms with Crippen molar-refractivity contribution in [3.8, 4) is 6.01 Å². The van der Waals surface area contributed by atoms with Crippen molar-refractivity contribution in [1.29, 1.82) is 0 Å². The molecule has 0 unspecified atom stereocenters. The number of nitrogens with one attached hydrogen (secondary N) is 1. The molecule has 9 nitrogen and oxygen atoms in total. The number of carbonyl (C=O) groups excluding carboxylic acids is 2. The van der Waals surface area contributed by atoms with Gasteiger partial charge in [-0.2, -0.15) is 28.1 Å². The molecule has 0 amide bonds. The topological polar surface area (TPSA) is 131 Å². The SMILES string of the molecule is C[C@@H](CC(=O)CCCCC(=O)c1ccc(Cc2nc(NC3(c4ccc(Cl)cc4)CC3)nc(OCC(F)(F)F)n2)cc1)C(=O)O. The van der Waals surface area contributed by atoms with Crippen LogP contribution in [0, 0.1) is 5.92 Å². The second-order valence-electron chi connectivity index (χ2n) is 11.0. The first-order valence-electron chi connectivity index (χ1n) is 14.2. The number of aliphatic carboxylic acids is 1. The average molecular weight is 633 g/mol. The van der Waals surface area contributed by atoms with Crippen LogP contribution in [0.5, 0.6) is 6.01 Å². The molecule has 0 saturated heterocycles. The smallest absolute Gasteiger partial charge is 0.422 e. The summed E-state index contributed by atoms with van der Waals surface area (Å²) in [5.41, 5.74) is 1.67. The number of anilines is 1. The maximum Gasteiger partial charge on any atom is 0.422 e. The van der Waals surface area contributed by atoms with Crippen LogP contribution in [0.25, 0.3) is 0 Å². The van der Waals surface area contributed by atoms with E-state index < -0.39 is 36.2 Å². The largest absolute Gasteiger partial charge is 0.481 e. The third kappa shape index (κ3) is 9.73. The Morgan fingerprint density at radius 1 is 1.00 bits per heavy atom. The van der Waals surface area contributed by atoms with Gasteiger partial charge in [0, 0.05) is 36.3 Å². The van der Waals surface area contributed by atoms with E-state index in [9.17, 15) is 27.6 Å². The molecule has 1 saturated carbocycles. The molecule has 1 fully saturated rings. The molecule has 2 aromatic carbocycles.